The first-order chi connectivity index (χ1) is 15.2. The quantitative estimate of drug-likeness (QED) is 0.325. The Bertz CT molecular complexity index is 753. The lowest BCUT2D eigenvalue weighted by molar-refractivity contribution is -0.0721. The molecule has 2 saturated heterocycles. The summed E-state index contributed by atoms with van der Waals surface area (Å²) in [5.41, 5.74) is 1.63. The van der Waals surface area contributed by atoms with Crippen molar-refractivity contribution in [2.45, 2.75) is 57.3 Å². The molecular weight excluding hydrogens is 528 g/mol. The molecule has 7 nitrogen and oxygen atoms in total. The molecule has 0 amide bonds. The zero-order valence-electron chi connectivity index (χ0n) is 18.8. The van der Waals surface area contributed by atoms with Gasteiger partial charge in [-0.25, -0.2) is 4.39 Å². The lowest BCUT2D eigenvalue weighted by atomic mass is 10.1. The lowest BCUT2D eigenvalue weighted by Gasteiger charge is -2.35. The zero-order chi connectivity index (χ0) is 21.5. The minimum Gasteiger partial charge on any atom is -0.467 e. The second kappa shape index (κ2) is 12.9. The molecule has 3 heterocycles. The van der Waals surface area contributed by atoms with Gasteiger partial charge in [0.25, 0.3) is 0 Å². The number of hydrogen-bond donors (Lipinski definition) is 1. The van der Waals surface area contributed by atoms with Crippen LogP contribution < -0.4 is 10.1 Å². The van der Waals surface area contributed by atoms with E-state index < -0.39 is 0 Å². The van der Waals surface area contributed by atoms with E-state index >= 15 is 0 Å². The van der Waals surface area contributed by atoms with Gasteiger partial charge in [-0.05, 0) is 56.2 Å². The van der Waals surface area contributed by atoms with E-state index in [4.69, 9.17) is 18.9 Å². The molecule has 180 valence electrons. The number of nitrogens with zero attached hydrogens (tertiary/aromatic N) is 2. The predicted octanol–water partition coefficient (Wildman–Crippen LogP) is 3.48. The third-order valence-corrected chi connectivity index (χ3v) is 6.17. The minimum atomic E-state index is -0.257. The SMILES string of the molecule is CN=C(NCCc1cc(F)cc2c1OCOC2)N1CCC(OCC2CCCCO2)CC1.I. The van der Waals surface area contributed by atoms with Crippen molar-refractivity contribution in [1.82, 2.24) is 10.2 Å². The fraction of sp³-hybridized carbons (Fsp3) is 0.696. The monoisotopic (exact) mass is 563 g/mol. The van der Waals surface area contributed by atoms with Crippen LogP contribution in [0.5, 0.6) is 5.75 Å². The molecular formula is C23H35FIN3O4. The van der Waals surface area contributed by atoms with Gasteiger partial charge < -0.3 is 29.2 Å². The van der Waals surface area contributed by atoms with Crippen molar-refractivity contribution < 1.29 is 23.3 Å². The van der Waals surface area contributed by atoms with Crippen LogP contribution >= 0.6 is 24.0 Å². The van der Waals surface area contributed by atoms with Crippen molar-refractivity contribution in [3.05, 3.63) is 29.1 Å². The Morgan fingerprint density at radius 1 is 1.25 bits per heavy atom. The van der Waals surface area contributed by atoms with Crippen molar-refractivity contribution in [3.8, 4) is 5.75 Å². The van der Waals surface area contributed by atoms with E-state index in [9.17, 15) is 4.39 Å². The highest BCUT2D eigenvalue weighted by molar-refractivity contribution is 14.0. The van der Waals surface area contributed by atoms with Gasteiger partial charge in [0.05, 0.1) is 25.4 Å². The highest BCUT2D eigenvalue weighted by atomic mass is 127. The van der Waals surface area contributed by atoms with Gasteiger partial charge in [0, 0.05) is 38.9 Å². The van der Waals surface area contributed by atoms with E-state index in [1.165, 1.54) is 18.9 Å². The van der Waals surface area contributed by atoms with E-state index in [0.717, 1.165) is 61.8 Å². The fourth-order valence-electron chi connectivity index (χ4n) is 4.50. The molecule has 0 saturated carbocycles. The smallest absolute Gasteiger partial charge is 0.193 e. The molecule has 3 aliphatic rings. The zero-order valence-corrected chi connectivity index (χ0v) is 21.1. The van der Waals surface area contributed by atoms with Crippen molar-refractivity contribution in [2.75, 3.05) is 46.7 Å². The number of halogens is 2. The van der Waals surface area contributed by atoms with Crippen molar-refractivity contribution in [1.29, 1.82) is 0 Å². The molecule has 1 unspecified atom stereocenters. The van der Waals surface area contributed by atoms with E-state index in [1.54, 1.807) is 13.1 Å². The number of rotatable bonds is 6. The summed E-state index contributed by atoms with van der Waals surface area (Å²) in [6.45, 7) is 4.65. The van der Waals surface area contributed by atoms with Crippen LogP contribution in [0.15, 0.2) is 17.1 Å². The van der Waals surface area contributed by atoms with Gasteiger partial charge in [0.1, 0.15) is 11.6 Å². The largest absolute Gasteiger partial charge is 0.467 e. The molecule has 0 aromatic heterocycles. The Morgan fingerprint density at radius 2 is 2.09 bits per heavy atom. The first-order valence-corrected chi connectivity index (χ1v) is 11.4. The molecule has 0 aliphatic carbocycles. The Labute approximate surface area is 207 Å². The molecule has 2 fully saturated rings. The highest BCUT2D eigenvalue weighted by Crippen LogP contribution is 2.29. The number of benzene rings is 1. The number of likely N-dealkylation sites (tertiary alicyclic amines) is 1. The summed E-state index contributed by atoms with van der Waals surface area (Å²) in [6, 6.07) is 3.03. The van der Waals surface area contributed by atoms with Gasteiger partial charge in [0.2, 0.25) is 0 Å². The number of ether oxygens (including phenoxy) is 4. The van der Waals surface area contributed by atoms with E-state index in [0.29, 0.717) is 26.2 Å². The van der Waals surface area contributed by atoms with Crippen molar-refractivity contribution >= 4 is 29.9 Å². The highest BCUT2D eigenvalue weighted by Gasteiger charge is 2.24. The molecule has 1 atom stereocenters. The van der Waals surface area contributed by atoms with Crippen LogP contribution in [-0.4, -0.2) is 69.8 Å². The average Bonchev–Trinajstić information content (AvgIpc) is 2.81. The molecule has 3 aliphatic heterocycles. The van der Waals surface area contributed by atoms with Crippen LogP contribution in [0.25, 0.3) is 0 Å². The van der Waals surface area contributed by atoms with E-state index in [1.807, 2.05) is 0 Å². The van der Waals surface area contributed by atoms with Gasteiger partial charge in [-0.15, -0.1) is 24.0 Å². The van der Waals surface area contributed by atoms with Crippen LogP contribution in [0.1, 0.15) is 43.2 Å². The Hall–Kier alpha value is -1.17. The molecule has 0 bridgehead atoms. The number of piperidine rings is 1. The van der Waals surface area contributed by atoms with Gasteiger partial charge in [-0.2, -0.15) is 0 Å². The first-order valence-electron chi connectivity index (χ1n) is 11.4. The third kappa shape index (κ3) is 6.91. The van der Waals surface area contributed by atoms with Crippen LogP contribution in [0.4, 0.5) is 4.39 Å². The lowest BCUT2D eigenvalue weighted by Crippen LogP contribution is -2.47. The van der Waals surface area contributed by atoms with Gasteiger partial charge >= 0.3 is 0 Å². The summed E-state index contributed by atoms with van der Waals surface area (Å²) in [5.74, 6) is 1.38. The number of aliphatic imine (C=N–C) groups is 1. The Morgan fingerprint density at radius 3 is 2.84 bits per heavy atom. The fourth-order valence-corrected chi connectivity index (χ4v) is 4.50. The summed E-state index contributed by atoms with van der Waals surface area (Å²) < 4.78 is 36.7. The van der Waals surface area contributed by atoms with Crippen LogP contribution in [0.3, 0.4) is 0 Å². The summed E-state index contributed by atoms with van der Waals surface area (Å²) in [7, 11) is 1.80. The van der Waals surface area contributed by atoms with Gasteiger partial charge in [0.15, 0.2) is 12.8 Å². The van der Waals surface area contributed by atoms with Crippen LogP contribution in [-0.2, 0) is 27.2 Å². The molecule has 1 N–H and O–H groups in total. The maximum Gasteiger partial charge on any atom is 0.193 e. The van der Waals surface area contributed by atoms with Crippen LogP contribution in [0.2, 0.25) is 0 Å². The molecule has 4 rings (SSSR count). The van der Waals surface area contributed by atoms with Crippen molar-refractivity contribution in [2.24, 2.45) is 4.99 Å². The predicted molar refractivity (Wildman–Crippen MR) is 131 cm³/mol. The van der Waals surface area contributed by atoms with Crippen molar-refractivity contribution in [3.63, 3.8) is 0 Å². The maximum atomic E-state index is 13.9. The molecule has 0 spiro atoms. The van der Waals surface area contributed by atoms with Crippen LogP contribution in [0, 0.1) is 5.82 Å². The third-order valence-electron chi connectivity index (χ3n) is 6.17. The summed E-state index contributed by atoms with van der Waals surface area (Å²) in [4.78, 5) is 6.70. The second-order valence-electron chi connectivity index (χ2n) is 8.40. The number of guanidine groups is 1. The van der Waals surface area contributed by atoms with E-state index in [2.05, 4.69) is 15.2 Å². The maximum absolute atomic E-state index is 13.9. The Balaban J connectivity index is 0.00000289. The summed E-state index contributed by atoms with van der Waals surface area (Å²) in [6.07, 6.45) is 6.71. The molecule has 32 heavy (non-hydrogen) atoms. The molecule has 0 radical (unpaired) electrons. The average molecular weight is 563 g/mol. The summed E-state index contributed by atoms with van der Waals surface area (Å²) >= 11 is 0. The molecule has 1 aromatic carbocycles. The first kappa shape index (κ1) is 25.5. The summed E-state index contributed by atoms with van der Waals surface area (Å²) in [5, 5.41) is 3.42. The number of hydrogen-bond acceptors (Lipinski definition) is 5. The number of nitrogens with one attached hydrogen (secondary N) is 1. The normalized spacial score (nSPS) is 22.0. The molecule has 9 heteroatoms. The minimum absolute atomic E-state index is 0. The van der Waals surface area contributed by atoms with E-state index in [-0.39, 0.29) is 48.8 Å². The molecule has 1 aromatic rings. The topological polar surface area (TPSA) is 64.6 Å². The van der Waals surface area contributed by atoms with Gasteiger partial charge in [-0.1, -0.05) is 0 Å². The van der Waals surface area contributed by atoms with Gasteiger partial charge in [-0.3, -0.25) is 4.99 Å². The number of fused-ring (bicyclic) bond motifs is 1. The Kier molecular flexibility index (Phi) is 10.3. The second-order valence-corrected chi connectivity index (χ2v) is 8.40. The standard InChI is InChI=1S/C23H34FN3O4.HI/c1-25-23(26-8-5-17-12-19(24)13-18-14-28-16-31-22(17)18)27-9-6-20(7-10-27)30-15-21-4-2-3-11-29-21;/h12-13,20-21H,2-11,14-16H2,1H3,(H,25,26);1H.